The van der Waals surface area contributed by atoms with Gasteiger partial charge < -0.3 is 9.30 Å². The minimum atomic E-state index is -3.84. The molecule has 168 valence electrons. The van der Waals surface area contributed by atoms with Gasteiger partial charge in [0.15, 0.2) is 5.69 Å². The third-order valence-corrected chi connectivity index (χ3v) is 7.01. The van der Waals surface area contributed by atoms with Gasteiger partial charge in [0.2, 0.25) is 10.0 Å². The number of imidazole rings is 1. The van der Waals surface area contributed by atoms with Crippen molar-refractivity contribution in [1.29, 1.82) is 0 Å². The highest BCUT2D eigenvalue weighted by molar-refractivity contribution is 7.98. The molecule has 9 heteroatoms. The van der Waals surface area contributed by atoms with Gasteiger partial charge in [-0.1, -0.05) is 42.5 Å². The fraction of sp³-hybridized carbons (Fsp3) is 0.304. The number of hydrogen-bond donors (Lipinski definition) is 1. The third-order valence-electron chi connectivity index (χ3n) is 5.37. The average molecular weight is 472 g/mol. The zero-order valence-corrected chi connectivity index (χ0v) is 19.6. The molecule has 2 aromatic carbocycles. The summed E-state index contributed by atoms with van der Waals surface area (Å²) in [7, 11) is -3.84. The maximum absolute atomic E-state index is 12.7. The van der Waals surface area contributed by atoms with Crippen molar-refractivity contribution in [3.05, 3.63) is 65.6 Å². The molecule has 0 aliphatic heterocycles. The lowest BCUT2D eigenvalue weighted by atomic mass is 10.0. The molecule has 1 heterocycles. The summed E-state index contributed by atoms with van der Waals surface area (Å²) < 4.78 is 31.2. The number of ether oxygens (including phenoxy) is 1. The standard InChI is InChI=1S/C23H25N3O4S2/c1-3-30-23(27)20-22(31-2)25-21(17-12-13-17)26(20)14-15-8-10-16(11-9-15)18-6-4-5-7-19(18)32(24,28)29/h4-11,17H,3,12-14H2,1-2H3,(H2,24,28,29). The maximum Gasteiger partial charge on any atom is 0.357 e. The monoisotopic (exact) mass is 471 g/mol. The molecule has 1 saturated carbocycles. The Morgan fingerprint density at radius 2 is 1.88 bits per heavy atom. The molecule has 1 aliphatic rings. The molecule has 0 atom stereocenters. The van der Waals surface area contributed by atoms with Gasteiger partial charge in [-0.3, -0.25) is 0 Å². The predicted molar refractivity (Wildman–Crippen MR) is 124 cm³/mol. The topological polar surface area (TPSA) is 104 Å². The van der Waals surface area contributed by atoms with Crippen LogP contribution in [0.2, 0.25) is 0 Å². The van der Waals surface area contributed by atoms with E-state index in [9.17, 15) is 13.2 Å². The van der Waals surface area contributed by atoms with Crippen molar-refractivity contribution in [2.24, 2.45) is 5.14 Å². The third kappa shape index (κ3) is 4.60. The molecule has 1 aromatic heterocycles. The van der Waals surface area contributed by atoms with E-state index in [0.717, 1.165) is 29.8 Å². The summed E-state index contributed by atoms with van der Waals surface area (Å²) in [6.45, 7) is 2.57. The summed E-state index contributed by atoms with van der Waals surface area (Å²) in [5, 5.41) is 6.06. The molecule has 0 unspecified atom stereocenters. The first-order valence-corrected chi connectivity index (χ1v) is 13.1. The van der Waals surface area contributed by atoms with Gasteiger partial charge in [0, 0.05) is 18.0 Å². The van der Waals surface area contributed by atoms with Crippen molar-refractivity contribution >= 4 is 27.8 Å². The number of rotatable bonds is 8. The molecule has 0 saturated heterocycles. The molecule has 0 radical (unpaired) electrons. The first-order valence-electron chi connectivity index (χ1n) is 10.4. The number of primary sulfonamides is 1. The van der Waals surface area contributed by atoms with E-state index in [1.54, 1.807) is 25.1 Å². The predicted octanol–water partition coefficient (Wildman–Crippen LogP) is 4.02. The Hall–Kier alpha value is -2.62. The van der Waals surface area contributed by atoms with Crippen LogP contribution in [-0.4, -0.2) is 36.8 Å². The van der Waals surface area contributed by atoms with Crippen LogP contribution in [0.25, 0.3) is 11.1 Å². The molecule has 1 fully saturated rings. The van der Waals surface area contributed by atoms with Gasteiger partial charge in [0.1, 0.15) is 10.9 Å². The van der Waals surface area contributed by atoms with E-state index in [0.29, 0.717) is 35.4 Å². The summed E-state index contributed by atoms with van der Waals surface area (Å²) in [6, 6.07) is 14.3. The lowest BCUT2D eigenvalue weighted by molar-refractivity contribution is 0.0509. The van der Waals surface area contributed by atoms with E-state index in [2.05, 4.69) is 0 Å². The fourth-order valence-corrected chi connectivity index (χ4v) is 5.06. The van der Waals surface area contributed by atoms with Crippen molar-refractivity contribution in [1.82, 2.24) is 9.55 Å². The minimum Gasteiger partial charge on any atom is -0.461 e. The Kier molecular flexibility index (Phi) is 6.41. The number of esters is 1. The molecular weight excluding hydrogens is 446 g/mol. The molecule has 0 amide bonds. The molecule has 2 N–H and O–H groups in total. The Morgan fingerprint density at radius 1 is 1.19 bits per heavy atom. The second kappa shape index (κ2) is 9.09. The molecular formula is C23H25N3O4S2. The zero-order valence-electron chi connectivity index (χ0n) is 17.9. The summed E-state index contributed by atoms with van der Waals surface area (Å²) >= 11 is 1.44. The van der Waals surface area contributed by atoms with Crippen LogP contribution in [0, 0.1) is 0 Å². The SMILES string of the molecule is CCOC(=O)c1c(SC)nc(C2CC2)n1Cc1ccc(-c2ccccc2S(N)(=O)=O)cc1. The number of hydrogen-bond acceptors (Lipinski definition) is 6. The average Bonchev–Trinajstić information content (AvgIpc) is 3.55. The van der Waals surface area contributed by atoms with Crippen LogP contribution in [0.5, 0.6) is 0 Å². The number of sulfonamides is 1. The van der Waals surface area contributed by atoms with E-state index < -0.39 is 10.0 Å². The van der Waals surface area contributed by atoms with Crippen molar-refractivity contribution in [2.75, 3.05) is 12.9 Å². The highest BCUT2D eigenvalue weighted by Gasteiger charge is 2.33. The Bertz CT molecular complexity index is 1250. The van der Waals surface area contributed by atoms with Crippen LogP contribution in [-0.2, 0) is 21.3 Å². The van der Waals surface area contributed by atoms with Crippen LogP contribution < -0.4 is 5.14 Å². The molecule has 0 spiro atoms. The van der Waals surface area contributed by atoms with Gasteiger partial charge in [-0.05, 0) is 43.2 Å². The summed E-state index contributed by atoms with van der Waals surface area (Å²) in [4.78, 5) is 17.5. The number of aromatic nitrogens is 2. The minimum absolute atomic E-state index is 0.0904. The molecule has 1 aliphatic carbocycles. The van der Waals surface area contributed by atoms with Gasteiger partial charge >= 0.3 is 5.97 Å². The fourth-order valence-electron chi connectivity index (χ4n) is 3.73. The molecule has 32 heavy (non-hydrogen) atoms. The Morgan fingerprint density at radius 3 is 2.47 bits per heavy atom. The van der Waals surface area contributed by atoms with E-state index in [4.69, 9.17) is 14.9 Å². The van der Waals surface area contributed by atoms with Crippen LogP contribution in [0.4, 0.5) is 0 Å². The number of carbonyl (C=O) groups is 1. The number of carbonyl (C=O) groups excluding carboxylic acids is 1. The van der Waals surface area contributed by atoms with Crippen molar-refractivity contribution in [3.8, 4) is 11.1 Å². The lowest BCUT2D eigenvalue weighted by Crippen LogP contribution is -2.15. The zero-order chi connectivity index (χ0) is 22.9. The summed E-state index contributed by atoms with van der Waals surface area (Å²) in [5.41, 5.74) is 2.77. The second-order valence-electron chi connectivity index (χ2n) is 7.65. The van der Waals surface area contributed by atoms with Gasteiger partial charge in [-0.25, -0.2) is 23.3 Å². The van der Waals surface area contributed by atoms with E-state index in [1.165, 1.54) is 17.8 Å². The molecule has 3 aromatic rings. The second-order valence-corrected chi connectivity index (χ2v) is 9.97. The van der Waals surface area contributed by atoms with Crippen LogP contribution in [0.15, 0.2) is 58.5 Å². The van der Waals surface area contributed by atoms with E-state index in [1.807, 2.05) is 35.1 Å². The largest absolute Gasteiger partial charge is 0.461 e. The van der Waals surface area contributed by atoms with Crippen LogP contribution >= 0.6 is 11.8 Å². The highest BCUT2D eigenvalue weighted by atomic mass is 32.2. The Labute approximate surface area is 192 Å². The van der Waals surface area contributed by atoms with Crippen LogP contribution in [0.1, 0.15) is 47.6 Å². The van der Waals surface area contributed by atoms with Crippen LogP contribution in [0.3, 0.4) is 0 Å². The maximum atomic E-state index is 12.7. The number of nitrogens with zero attached hydrogens (tertiary/aromatic N) is 2. The van der Waals surface area contributed by atoms with Gasteiger partial charge in [0.25, 0.3) is 0 Å². The quantitative estimate of drug-likeness (QED) is 0.393. The normalized spacial score (nSPS) is 13.8. The van der Waals surface area contributed by atoms with Gasteiger partial charge in [-0.15, -0.1) is 11.8 Å². The summed E-state index contributed by atoms with van der Waals surface area (Å²) in [5.74, 6) is 0.918. The number of nitrogens with two attached hydrogens (primary N) is 1. The van der Waals surface area contributed by atoms with Crippen molar-refractivity contribution in [3.63, 3.8) is 0 Å². The van der Waals surface area contributed by atoms with E-state index in [-0.39, 0.29) is 10.9 Å². The molecule has 0 bridgehead atoms. The first kappa shape index (κ1) is 22.6. The molecule has 4 rings (SSSR count). The van der Waals surface area contributed by atoms with E-state index >= 15 is 0 Å². The first-order chi connectivity index (χ1) is 15.3. The van der Waals surface area contributed by atoms with Crippen molar-refractivity contribution in [2.45, 2.75) is 42.1 Å². The van der Waals surface area contributed by atoms with Crippen molar-refractivity contribution < 1.29 is 17.9 Å². The Balaban J connectivity index is 1.69. The number of thioether (sulfide) groups is 1. The van der Waals surface area contributed by atoms with Gasteiger partial charge in [0.05, 0.1) is 11.5 Å². The number of benzene rings is 2. The lowest BCUT2D eigenvalue weighted by Gasteiger charge is -2.13. The smallest absolute Gasteiger partial charge is 0.357 e. The summed E-state index contributed by atoms with van der Waals surface area (Å²) in [6.07, 6.45) is 4.04. The highest BCUT2D eigenvalue weighted by Crippen LogP contribution is 2.41. The van der Waals surface area contributed by atoms with Gasteiger partial charge in [-0.2, -0.15) is 0 Å². The molecule has 7 nitrogen and oxygen atoms in total.